The second-order valence-electron chi connectivity index (χ2n) is 22.4. The SMILES string of the molecule is CC1(C)CC(C)(C)c2cc3c(cc21)-c1cc(-c2ccc(-c4ccc(N(c5ccc(-c6ccc(-c7ccccc7)cc6)cc5)c5cccc(-c6ccc7ccccc7c6)c5)cc4)cc2)ccc1C31CCCCC1. The van der Waals surface area contributed by atoms with Crippen LogP contribution in [-0.2, 0) is 16.2 Å². The summed E-state index contributed by atoms with van der Waals surface area (Å²) in [4.78, 5) is 2.39. The normalized spacial score (nSPS) is 15.8. The summed E-state index contributed by atoms with van der Waals surface area (Å²) in [5, 5.41) is 2.50. The van der Waals surface area contributed by atoms with Crippen molar-refractivity contribution in [2.75, 3.05) is 4.90 Å². The van der Waals surface area contributed by atoms with Gasteiger partial charge >= 0.3 is 0 Å². The first-order valence-electron chi connectivity index (χ1n) is 26.3. The zero-order valence-corrected chi connectivity index (χ0v) is 42.1. The van der Waals surface area contributed by atoms with E-state index in [1.54, 1.807) is 22.3 Å². The monoisotopic (exact) mass is 927 g/mol. The van der Waals surface area contributed by atoms with Gasteiger partial charge in [0.25, 0.3) is 0 Å². The van der Waals surface area contributed by atoms with Crippen molar-refractivity contribution in [1.29, 1.82) is 0 Å². The van der Waals surface area contributed by atoms with Gasteiger partial charge in [-0.1, -0.05) is 217 Å². The van der Waals surface area contributed by atoms with Crippen molar-refractivity contribution in [1.82, 2.24) is 0 Å². The van der Waals surface area contributed by atoms with Crippen LogP contribution in [0, 0.1) is 0 Å². The van der Waals surface area contributed by atoms with Gasteiger partial charge in [-0.3, -0.25) is 0 Å². The van der Waals surface area contributed by atoms with E-state index in [9.17, 15) is 0 Å². The Kier molecular flexibility index (Phi) is 10.6. The van der Waals surface area contributed by atoms with E-state index in [1.165, 1.54) is 116 Å². The average Bonchev–Trinajstić information content (AvgIpc) is 3.79. The summed E-state index contributed by atoms with van der Waals surface area (Å²) in [7, 11) is 0. The maximum absolute atomic E-state index is 2.68. The molecule has 1 nitrogen and oxygen atoms in total. The van der Waals surface area contributed by atoms with Crippen LogP contribution in [0.3, 0.4) is 0 Å². The minimum Gasteiger partial charge on any atom is -0.310 e. The number of rotatable bonds is 8. The maximum atomic E-state index is 2.68. The van der Waals surface area contributed by atoms with Crippen LogP contribution >= 0.6 is 0 Å². The molecule has 0 N–H and O–H groups in total. The van der Waals surface area contributed by atoms with Crippen LogP contribution in [0.15, 0.2) is 224 Å². The Morgan fingerprint density at radius 2 is 0.736 bits per heavy atom. The number of hydrogen-bond acceptors (Lipinski definition) is 1. The zero-order valence-electron chi connectivity index (χ0n) is 42.1. The number of hydrogen-bond donors (Lipinski definition) is 0. The van der Waals surface area contributed by atoms with E-state index in [2.05, 4.69) is 257 Å². The Balaban J connectivity index is 0.819. The highest BCUT2D eigenvalue weighted by Gasteiger charge is 2.48. The first-order chi connectivity index (χ1) is 35.1. The molecule has 350 valence electrons. The van der Waals surface area contributed by atoms with Gasteiger partial charge in [0.1, 0.15) is 0 Å². The van der Waals surface area contributed by atoms with Crippen molar-refractivity contribution in [3.8, 4) is 66.8 Å². The van der Waals surface area contributed by atoms with Crippen LogP contribution in [0.25, 0.3) is 77.5 Å². The van der Waals surface area contributed by atoms with Gasteiger partial charge in [-0.25, -0.2) is 0 Å². The summed E-state index contributed by atoms with van der Waals surface area (Å²) in [6.07, 6.45) is 7.69. The van der Waals surface area contributed by atoms with Crippen LogP contribution in [0.4, 0.5) is 17.1 Å². The van der Waals surface area contributed by atoms with Crippen LogP contribution in [0.5, 0.6) is 0 Å². The van der Waals surface area contributed by atoms with Crippen molar-refractivity contribution in [2.45, 2.75) is 82.5 Å². The van der Waals surface area contributed by atoms with E-state index < -0.39 is 0 Å². The fraction of sp³-hybridized carbons (Fsp3) is 0.183. The molecule has 1 spiro atoms. The first kappa shape index (κ1) is 44.2. The van der Waals surface area contributed by atoms with Crippen LogP contribution in [0.1, 0.15) is 88.5 Å². The molecule has 3 aliphatic carbocycles. The molecule has 1 saturated carbocycles. The van der Waals surface area contributed by atoms with E-state index in [0.29, 0.717) is 0 Å². The summed E-state index contributed by atoms with van der Waals surface area (Å²) < 4.78 is 0. The highest BCUT2D eigenvalue weighted by atomic mass is 15.1. The third-order valence-corrected chi connectivity index (χ3v) is 16.9. The Morgan fingerprint density at radius 1 is 0.292 bits per heavy atom. The van der Waals surface area contributed by atoms with E-state index >= 15 is 0 Å². The minimum atomic E-state index is 0.143. The predicted molar refractivity (Wildman–Crippen MR) is 306 cm³/mol. The lowest BCUT2D eigenvalue weighted by atomic mass is 9.67. The van der Waals surface area contributed by atoms with Gasteiger partial charge in [0.15, 0.2) is 0 Å². The van der Waals surface area contributed by atoms with Crippen LogP contribution < -0.4 is 4.90 Å². The molecule has 1 heteroatoms. The summed E-state index contributed by atoms with van der Waals surface area (Å²) in [5.41, 5.74) is 25.3. The largest absolute Gasteiger partial charge is 0.310 e. The van der Waals surface area contributed by atoms with Crippen molar-refractivity contribution in [3.63, 3.8) is 0 Å². The molecule has 10 aromatic carbocycles. The molecule has 0 bridgehead atoms. The van der Waals surface area contributed by atoms with Crippen LogP contribution in [-0.4, -0.2) is 0 Å². The number of fused-ring (bicyclic) bond motifs is 7. The first-order valence-corrected chi connectivity index (χ1v) is 26.3. The quantitative estimate of drug-likeness (QED) is 0.147. The summed E-state index contributed by atoms with van der Waals surface area (Å²) in [6, 6.07) is 84.0. The Hall–Kier alpha value is -7.74. The van der Waals surface area contributed by atoms with Crippen molar-refractivity contribution >= 4 is 27.8 Å². The van der Waals surface area contributed by atoms with E-state index in [1.807, 2.05) is 0 Å². The molecular weight excluding hydrogens is 867 g/mol. The van der Waals surface area contributed by atoms with E-state index in [-0.39, 0.29) is 16.2 Å². The van der Waals surface area contributed by atoms with E-state index in [0.717, 1.165) is 17.1 Å². The molecule has 0 radical (unpaired) electrons. The van der Waals surface area contributed by atoms with Gasteiger partial charge in [0.05, 0.1) is 0 Å². The smallest absolute Gasteiger partial charge is 0.0467 e. The fourth-order valence-corrected chi connectivity index (χ4v) is 13.4. The molecule has 0 unspecified atom stereocenters. The maximum Gasteiger partial charge on any atom is 0.0467 e. The second-order valence-corrected chi connectivity index (χ2v) is 22.4. The minimum absolute atomic E-state index is 0.143. The number of benzene rings is 10. The van der Waals surface area contributed by atoms with Crippen molar-refractivity contribution in [2.24, 2.45) is 0 Å². The molecule has 0 atom stereocenters. The lowest BCUT2D eigenvalue weighted by Crippen LogP contribution is -2.28. The van der Waals surface area contributed by atoms with Gasteiger partial charge in [-0.15, -0.1) is 0 Å². The lowest BCUT2D eigenvalue weighted by Gasteiger charge is -2.36. The average molecular weight is 928 g/mol. The van der Waals surface area contributed by atoms with Crippen LogP contribution in [0.2, 0.25) is 0 Å². The van der Waals surface area contributed by atoms with Gasteiger partial charge < -0.3 is 4.90 Å². The van der Waals surface area contributed by atoms with Crippen molar-refractivity contribution in [3.05, 3.63) is 247 Å². The molecule has 0 aliphatic heterocycles. The molecule has 0 heterocycles. The highest BCUT2D eigenvalue weighted by molar-refractivity contribution is 5.90. The van der Waals surface area contributed by atoms with Gasteiger partial charge in [0, 0.05) is 22.5 Å². The van der Waals surface area contributed by atoms with Crippen molar-refractivity contribution < 1.29 is 0 Å². The molecule has 0 saturated heterocycles. The highest BCUT2D eigenvalue weighted by Crippen LogP contribution is 2.60. The van der Waals surface area contributed by atoms with Gasteiger partial charge in [-0.2, -0.15) is 0 Å². The molecule has 0 aromatic heterocycles. The molecular formula is C71H61N. The lowest BCUT2D eigenvalue weighted by molar-refractivity contribution is 0.352. The molecule has 0 amide bonds. The van der Waals surface area contributed by atoms with E-state index in [4.69, 9.17) is 0 Å². The predicted octanol–water partition coefficient (Wildman–Crippen LogP) is 19.8. The Labute approximate surface area is 426 Å². The molecule has 72 heavy (non-hydrogen) atoms. The molecule has 3 aliphatic rings. The second kappa shape index (κ2) is 17.2. The molecule has 13 rings (SSSR count). The van der Waals surface area contributed by atoms with Gasteiger partial charge in [-0.05, 0) is 184 Å². The molecule has 1 fully saturated rings. The Bertz CT molecular complexity index is 3640. The zero-order chi connectivity index (χ0) is 48.6. The summed E-state index contributed by atoms with van der Waals surface area (Å²) in [5.74, 6) is 0. The summed E-state index contributed by atoms with van der Waals surface area (Å²) in [6.45, 7) is 9.85. The number of anilines is 3. The third kappa shape index (κ3) is 7.61. The standard InChI is InChI=1S/C71H61N/c1-69(2)47-70(3,4)68-46-66-64(45-67(68)69)63-44-59(34-39-65(63)71(66)40-11-6-12-41-71)55-26-24-52(25-27-55)54-32-37-61(38-33-54)72(62-19-13-18-57(43-62)58-29-28-49-16-9-10-17-56(49)42-58)60-35-30-53(31-36-60)51-22-20-50(21-23-51)48-14-7-5-8-15-48/h5,7-10,13-39,42-46H,6,11-12,40-41,47H2,1-4H3. The Morgan fingerprint density at radius 3 is 1.35 bits per heavy atom. The fourth-order valence-electron chi connectivity index (χ4n) is 13.4. The van der Waals surface area contributed by atoms with Gasteiger partial charge in [0.2, 0.25) is 0 Å². The number of nitrogens with zero attached hydrogens (tertiary/aromatic N) is 1. The molecule has 10 aromatic rings. The summed E-state index contributed by atoms with van der Waals surface area (Å²) >= 11 is 0. The third-order valence-electron chi connectivity index (χ3n) is 16.9. The topological polar surface area (TPSA) is 3.24 Å².